The lowest BCUT2D eigenvalue weighted by Crippen LogP contribution is -2.03. The summed E-state index contributed by atoms with van der Waals surface area (Å²) in [5.41, 5.74) is 2.35. The maximum atomic E-state index is 9.93. The molecule has 4 heteroatoms. The van der Waals surface area contributed by atoms with Gasteiger partial charge >= 0.3 is 0 Å². The molecule has 1 atom stereocenters. The van der Waals surface area contributed by atoms with Crippen LogP contribution >= 0.6 is 0 Å². The van der Waals surface area contributed by atoms with Crippen LogP contribution in [0.4, 0.5) is 0 Å². The van der Waals surface area contributed by atoms with Crippen LogP contribution < -0.4 is 0 Å². The summed E-state index contributed by atoms with van der Waals surface area (Å²) in [6.45, 7) is 0.188. The van der Waals surface area contributed by atoms with Crippen molar-refractivity contribution in [2.45, 2.75) is 12.9 Å². The van der Waals surface area contributed by atoms with Crippen LogP contribution in [0.1, 0.15) is 28.5 Å². The topological polar surface area (TPSA) is 77.0 Å². The zero-order valence-corrected chi connectivity index (χ0v) is 10.7. The first-order chi connectivity index (χ1) is 9.72. The minimum absolute atomic E-state index is 0.188. The number of ether oxygens (including phenoxy) is 1. The Kier molecular flexibility index (Phi) is 4.47. The lowest BCUT2D eigenvalue weighted by molar-refractivity contribution is -0.111. The Morgan fingerprint density at radius 1 is 1.00 bits per heavy atom. The summed E-state index contributed by atoms with van der Waals surface area (Å²) < 4.78 is 5.35. The molecule has 20 heavy (non-hydrogen) atoms. The number of aliphatic hydroxyl groups is 1. The second-order valence-electron chi connectivity index (χ2n) is 4.21. The van der Waals surface area contributed by atoms with Gasteiger partial charge in [-0.15, -0.1) is 0 Å². The maximum Gasteiger partial charge on any atom is 0.181 e. The van der Waals surface area contributed by atoms with Crippen molar-refractivity contribution in [1.82, 2.24) is 0 Å². The van der Waals surface area contributed by atoms with Gasteiger partial charge in [0, 0.05) is 5.56 Å². The summed E-state index contributed by atoms with van der Waals surface area (Å²) >= 11 is 0. The first kappa shape index (κ1) is 13.8. The zero-order chi connectivity index (χ0) is 14.4. The average Bonchev–Trinajstić information content (AvgIpc) is 2.52. The quantitative estimate of drug-likeness (QED) is 0.861. The largest absolute Gasteiger partial charge is 0.364 e. The van der Waals surface area contributed by atoms with Crippen LogP contribution in [-0.2, 0) is 11.3 Å². The van der Waals surface area contributed by atoms with Gasteiger partial charge in [-0.3, -0.25) is 0 Å². The molecule has 0 radical (unpaired) electrons. The molecule has 0 aliphatic rings. The molecule has 4 nitrogen and oxygen atoms in total. The summed E-state index contributed by atoms with van der Waals surface area (Å²) in [4.78, 5) is 0. The molecule has 98 valence electrons. The molecular weight excluding hydrogens is 252 g/mol. The molecule has 0 fully saturated rings. The minimum atomic E-state index is -1.10. The van der Waals surface area contributed by atoms with Crippen molar-refractivity contribution in [3.8, 4) is 12.1 Å². The minimum Gasteiger partial charge on any atom is -0.364 e. The highest BCUT2D eigenvalue weighted by atomic mass is 16.6. The Morgan fingerprint density at radius 3 is 2.35 bits per heavy atom. The molecule has 1 N–H and O–H groups in total. The molecule has 0 bridgehead atoms. The number of nitrogens with zero attached hydrogens (tertiary/aromatic N) is 2. The van der Waals surface area contributed by atoms with Crippen molar-refractivity contribution in [2.75, 3.05) is 0 Å². The van der Waals surface area contributed by atoms with Crippen LogP contribution in [0.15, 0.2) is 48.5 Å². The SMILES string of the molecule is N#Cc1cccc(COC(O)c2cccc(C#N)c2)c1. The normalized spacial score (nSPS) is 11.3. The number of hydrogen-bond acceptors (Lipinski definition) is 4. The molecule has 0 saturated heterocycles. The van der Waals surface area contributed by atoms with E-state index in [0.29, 0.717) is 16.7 Å². The number of nitriles is 2. The lowest BCUT2D eigenvalue weighted by Gasteiger charge is -2.12. The summed E-state index contributed by atoms with van der Waals surface area (Å²) in [6, 6.07) is 17.7. The molecule has 0 aromatic heterocycles. The molecular formula is C16H12N2O2. The molecule has 0 amide bonds. The second-order valence-corrected chi connectivity index (χ2v) is 4.21. The third-order valence-electron chi connectivity index (χ3n) is 2.76. The van der Waals surface area contributed by atoms with E-state index in [1.807, 2.05) is 18.2 Å². The Labute approximate surface area is 117 Å². The molecule has 2 aromatic carbocycles. The van der Waals surface area contributed by atoms with Crippen LogP contribution in [0.2, 0.25) is 0 Å². The van der Waals surface area contributed by atoms with Crippen molar-refractivity contribution >= 4 is 0 Å². The van der Waals surface area contributed by atoms with E-state index >= 15 is 0 Å². The third kappa shape index (κ3) is 3.43. The fourth-order valence-electron chi connectivity index (χ4n) is 1.76. The second kappa shape index (κ2) is 6.49. The van der Waals surface area contributed by atoms with E-state index in [4.69, 9.17) is 15.3 Å². The molecule has 0 aliphatic heterocycles. The van der Waals surface area contributed by atoms with E-state index in [1.165, 1.54) is 0 Å². The molecule has 0 heterocycles. The van der Waals surface area contributed by atoms with Crippen LogP contribution in [0.3, 0.4) is 0 Å². The van der Waals surface area contributed by atoms with E-state index in [-0.39, 0.29) is 6.61 Å². The number of hydrogen-bond donors (Lipinski definition) is 1. The predicted molar refractivity (Wildman–Crippen MR) is 72.1 cm³/mol. The van der Waals surface area contributed by atoms with E-state index in [1.54, 1.807) is 42.5 Å². The molecule has 2 rings (SSSR count). The van der Waals surface area contributed by atoms with Crippen molar-refractivity contribution in [3.63, 3.8) is 0 Å². The number of rotatable bonds is 4. The third-order valence-corrected chi connectivity index (χ3v) is 2.76. The van der Waals surface area contributed by atoms with Crippen molar-refractivity contribution in [2.24, 2.45) is 0 Å². The van der Waals surface area contributed by atoms with Crippen LogP contribution in [0.25, 0.3) is 0 Å². The standard InChI is InChI=1S/C16H12N2O2/c17-9-12-3-1-5-14(7-12)11-20-16(19)15-6-2-4-13(8-15)10-18/h1-8,16,19H,11H2. The van der Waals surface area contributed by atoms with Crippen molar-refractivity contribution in [1.29, 1.82) is 10.5 Å². The van der Waals surface area contributed by atoms with Crippen molar-refractivity contribution in [3.05, 3.63) is 70.8 Å². The highest BCUT2D eigenvalue weighted by Crippen LogP contribution is 2.17. The van der Waals surface area contributed by atoms with Crippen LogP contribution in [0, 0.1) is 22.7 Å². The number of aliphatic hydroxyl groups excluding tert-OH is 1. The zero-order valence-electron chi connectivity index (χ0n) is 10.7. The maximum absolute atomic E-state index is 9.93. The van der Waals surface area contributed by atoms with E-state index in [9.17, 15) is 5.11 Å². The molecule has 0 aliphatic carbocycles. The first-order valence-corrected chi connectivity index (χ1v) is 6.01. The van der Waals surface area contributed by atoms with E-state index in [0.717, 1.165) is 5.56 Å². The summed E-state index contributed by atoms with van der Waals surface area (Å²) in [7, 11) is 0. The fourth-order valence-corrected chi connectivity index (χ4v) is 1.76. The van der Waals surface area contributed by atoms with Gasteiger partial charge in [0.2, 0.25) is 0 Å². The van der Waals surface area contributed by atoms with Gasteiger partial charge in [-0.05, 0) is 29.8 Å². The molecule has 2 aromatic rings. The first-order valence-electron chi connectivity index (χ1n) is 6.01. The fraction of sp³-hybridized carbons (Fsp3) is 0.125. The Hall–Kier alpha value is -2.66. The van der Waals surface area contributed by atoms with Crippen LogP contribution in [0.5, 0.6) is 0 Å². The Morgan fingerprint density at radius 2 is 1.65 bits per heavy atom. The lowest BCUT2D eigenvalue weighted by atomic mass is 10.1. The predicted octanol–water partition coefficient (Wildman–Crippen LogP) is 2.64. The van der Waals surface area contributed by atoms with Gasteiger partial charge < -0.3 is 9.84 Å². The summed E-state index contributed by atoms with van der Waals surface area (Å²) in [6.07, 6.45) is -1.10. The molecule has 1 unspecified atom stereocenters. The van der Waals surface area contributed by atoms with Gasteiger partial charge in [0.15, 0.2) is 6.29 Å². The van der Waals surface area contributed by atoms with E-state index in [2.05, 4.69) is 0 Å². The van der Waals surface area contributed by atoms with Gasteiger partial charge in [-0.1, -0.05) is 24.3 Å². The number of benzene rings is 2. The van der Waals surface area contributed by atoms with Crippen molar-refractivity contribution < 1.29 is 9.84 Å². The average molecular weight is 264 g/mol. The Bertz CT molecular complexity index is 683. The highest BCUT2D eigenvalue weighted by molar-refractivity contribution is 5.34. The summed E-state index contributed by atoms with van der Waals surface area (Å²) in [5, 5.41) is 27.5. The van der Waals surface area contributed by atoms with E-state index < -0.39 is 6.29 Å². The van der Waals surface area contributed by atoms with Gasteiger partial charge in [0.25, 0.3) is 0 Å². The molecule has 0 spiro atoms. The van der Waals surface area contributed by atoms with Crippen LogP contribution in [-0.4, -0.2) is 5.11 Å². The summed E-state index contributed by atoms with van der Waals surface area (Å²) in [5.74, 6) is 0. The van der Waals surface area contributed by atoms with Gasteiger partial charge in [-0.25, -0.2) is 0 Å². The highest BCUT2D eigenvalue weighted by Gasteiger charge is 2.08. The molecule has 0 saturated carbocycles. The monoisotopic (exact) mass is 264 g/mol. The smallest absolute Gasteiger partial charge is 0.181 e. The van der Waals surface area contributed by atoms with Gasteiger partial charge in [0.05, 0.1) is 29.9 Å². The Balaban J connectivity index is 2.03. The van der Waals surface area contributed by atoms with Gasteiger partial charge in [0.1, 0.15) is 0 Å². The van der Waals surface area contributed by atoms with Gasteiger partial charge in [-0.2, -0.15) is 10.5 Å².